The fourth-order valence-corrected chi connectivity index (χ4v) is 3.28. The number of carbonyl (C=O) groups excluding carboxylic acids is 2. The molecule has 1 aromatic carbocycles. The van der Waals surface area contributed by atoms with Gasteiger partial charge in [0, 0.05) is 29.7 Å². The Hall–Kier alpha value is -4.01. The first-order valence-electron chi connectivity index (χ1n) is 9.59. The number of carboxylic acids is 1. The van der Waals surface area contributed by atoms with Gasteiger partial charge in [0.15, 0.2) is 0 Å². The molecule has 31 heavy (non-hydrogen) atoms. The summed E-state index contributed by atoms with van der Waals surface area (Å²) in [6.07, 6.45) is 6.15. The zero-order chi connectivity index (χ0) is 22.4. The quantitative estimate of drug-likeness (QED) is 0.527. The van der Waals surface area contributed by atoms with Crippen molar-refractivity contribution in [3.63, 3.8) is 0 Å². The summed E-state index contributed by atoms with van der Waals surface area (Å²) in [5, 5.41) is 9.41. The van der Waals surface area contributed by atoms with E-state index in [0.717, 1.165) is 0 Å². The van der Waals surface area contributed by atoms with E-state index in [1.54, 1.807) is 35.2 Å². The first kappa shape index (κ1) is 21.7. The first-order valence-corrected chi connectivity index (χ1v) is 9.59. The molecular formula is C22H22N4O5. The van der Waals surface area contributed by atoms with Crippen LogP contribution in [0.3, 0.4) is 0 Å². The van der Waals surface area contributed by atoms with E-state index >= 15 is 0 Å². The third-order valence-corrected chi connectivity index (χ3v) is 4.71. The van der Waals surface area contributed by atoms with Crippen molar-refractivity contribution in [3.8, 4) is 5.75 Å². The lowest BCUT2D eigenvalue weighted by Crippen LogP contribution is -2.41. The van der Waals surface area contributed by atoms with Gasteiger partial charge in [0.25, 0.3) is 5.91 Å². The maximum absolute atomic E-state index is 13.4. The minimum atomic E-state index is -1.15. The summed E-state index contributed by atoms with van der Waals surface area (Å²) in [7, 11) is 1.42. The smallest absolute Gasteiger partial charge is 0.323 e. The van der Waals surface area contributed by atoms with Crippen molar-refractivity contribution in [2.45, 2.75) is 19.5 Å². The van der Waals surface area contributed by atoms with Crippen LogP contribution in [0.2, 0.25) is 0 Å². The molecule has 0 radical (unpaired) electrons. The predicted octanol–water partition coefficient (Wildman–Crippen LogP) is 2.65. The topological polar surface area (TPSA) is 115 Å². The fraction of sp³-hybridized carbons (Fsp3) is 0.227. The minimum absolute atomic E-state index is 0.137. The Balaban J connectivity index is 2.03. The minimum Gasteiger partial charge on any atom is -0.497 e. The Morgan fingerprint density at radius 2 is 1.94 bits per heavy atom. The molecular weight excluding hydrogens is 400 g/mol. The van der Waals surface area contributed by atoms with Gasteiger partial charge in [-0.3, -0.25) is 19.4 Å². The number of carboxylic acid groups (broad SMARTS) is 1. The molecule has 0 aliphatic rings. The van der Waals surface area contributed by atoms with Gasteiger partial charge in [-0.05, 0) is 36.8 Å². The number of nitrogens with zero attached hydrogens (tertiary/aromatic N) is 4. The van der Waals surface area contributed by atoms with Gasteiger partial charge in [0.2, 0.25) is 5.78 Å². The molecule has 9 heteroatoms. The van der Waals surface area contributed by atoms with E-state index in [4.69, 9.17) is 4.74 Å². The van der Waals surface area contributed by atoms with E-state index < -0.39 is 24.6 Å². The van der Waals surface area contributed by atoms with Crippen LogP contribution in [0, 0.1) is 0 Å². The van der Waals surface area contributed by atoms with E-state index in [2.05, 4.69) is 9.97 Å². The zero-order valence-corrected chi connectivity index (χ0v) is 17.1. The molecule has 1 amide bonds. The molecule has 0 aliphatic carbocycles. The molecule has 2 heterocycles. The van der Waals surface area contributed by atoms with Crippen molar-refractivity contribution in [1.29, 1.82) is 0 Å². The standard InChI is InChI=1S/C22H22N4O5/c1-3-19(25-9-8-23-14-25)26(13-20(27)28)22(30)16-10-15(11-17(12-16)31-2)21(29)18-6-4-5-7-24-18/h4-12,14,19H,3,13H2,1-2H3,(H,27,28). The number of imidazole rings is 1. The van der Waals surface area contributed by atoms with Crippen LogP contribution in [0.5, 0.6) is 5.75 Å². The van der Waals surface area contributed by atoms with Crippen molar-refractivity contribution < 1.29 is 24.2 Å². The highest BCUT2D eigenvalue weighted by Gasteiger charge is 2.28. The average Bonchev–Trinajstić information content (AvgIpc) is 3.32. The molecule has 0 spiro atoms. The molecule has 1 N–H and O–H groups in total. The van der Waals surface area contributed by atoms with Crippen LogP contribution in [-0.4, -0.2) is 55.9 Å². The Bertz CT molecular complexity index is 1070. The Morgan fingerprint density at radius 3 is 2.52 bits per heavy atom. The largest absolute Gasteiger partial charge is 0.497 e. The van der Waals surface area contributed by atoms with Gasteiger partial charge in [-0.25, -0.2) is 4.98 Å². The number of carbonyl (C=O) groups is 3. The number of aromatic nitrogens is 3. The van der Waals surface area contributed by atoms with Gasteiger partial charge >= 0.3 is 5.97 Å². The first-order chi connectivity index (χ1) is 14.9. The molecule has 1 unspecified atom stereocenters. The lowest BCUT2D eigenvalue weighted by molar-refractivity contribution is -0.138. The Morgan fingerprint density at radius 1 is 1.16 bits per heavy atom. The van der Waals surface area contributed by atoms with Gasteiger partial charge in [-0.15, -0.1) is 0 Å². The van der Waals surface area contributed by atoms with Crippen molar-refractivity contribution in [2.24, 2.45) is 0 Å². The van der Waals surface area contributed by atoms with Crippen molar-refractivity contribution in [3.05, 3.63) is 78.1 Å². The van der Waals surface area contributed by atoms with Crippen molar-refractivity contribution in [1.82, 2.24) is 19.4 Å². The summed E-state index contributed by atoms with van der Waals surface area (Å²) in [4.78, 5) is 47.1. The van der Waals surface area contributed by atoms with Gasteiger partial charge in [0.05, 0.1) is 13.4 Å². The second-order valence-corrected chi connectivity index (χ2v) is 6.72. The molecule has 0 bridgehead atoms. The van der Waals surface area contributed by atoms with E-state index in [1.165, 1.54) is 42.7 Å². The number of benzene rings is 1. The number of aliphatic carboxylic acids is 1. The highest BCUT2D eigenvalue weighted by atomic mass is 16.5. The summed E-state index contributed by atoms with van der Waals surface area (Å²) in [5.41, 5.74) is 0.576. The third-order valence-electron chi connectivity index (χ3n) is 4.71. The summed E-state index contributed by atoms with van der Waals surface area (Å²) in [6.45, 7) is 1.32. The van der Waals surface area contributed by atoms with Crippen LogP contribution >= 0.6 is 0 Å². The number of methoxy groups -OCH3 is 1. The second kappa shape index (κ2) is 9.66. The van der Waals surface area contributed by atoms with Gasteiger partial charge < -0.3 is 19.3 Å². The molecule has 0 saturated heterocycles. The number of amides is 1. The SMILES string of the molecule is CCC(N(CC(=O)O)C(=O)c1cc(OC)cc(C(=O)c2ccccn2)c1)n1ccnc1. The number of hydrogen-bond acceptors (Lipinski definition) is 6. The maximum atomic E-state index is 13.4. The molecule has 160 valence electrons. The molecule has 3 aromatic rings. The summed E-state index contributed by atoms with van der Waals surface area (Å²) in [6, 6.07) is 9.39. The van der Waals surface area contributed by atoms with Crippen LogP contribution in [0.15, 0.2) is 61.3 Å². The van der Waals surface area contributed by atoms with Gasteiger partial charge in [-0.2, -0.15) is 0 Å². The fourth-order valence-electron chi connectivity index (χ4n) is 3.28. The Labute approximate surface area is 178 Å². The van der Waals surface area contributed by atoms with Crippen LogP contribution in [-0.2, 0) is 4.79 Å². The van der Waals surface area contributed by atoms with E-state index in [-0.39, 0.29) is 22.6 Å². The number of rotatable bonds is 9. The van der Waals surface area contributed by atoms with Gasteiger partial charge in [0.1, 0.15) is 24.2 Å². The van der Waals surface area contributed by atoms with E-state index in [0.29, 0.717) is 12.2 Å². The number of ketones is 1. The monoisotopic (exact) mass is 422 g/mol. The molecule has 1 atom stereocenters. The summed E-state index contributed by atoms with van der Waals surface area (Å²) in [5.74, 6) is -1.77. The third kappa shape index (κ3) is 4.95. The lowest BCUT2D eigenvalue weighted by atomic mass is 10.0. The molecule has 0 saturated carbocycles. The second-order valence-electron chi connectivity index (χ2n) is 6.72. The number of pyridine rings is 1. The Kier molecular flexibility index (Phi) is 6.76. The normalized spacial score (nSPS) is 11.5. The molecule has 3 rings (SSSR count). The molecule has 0 fully saturated rings. The molecule has 0 aliphatic heterocycles. The zero-order valence-electron chi connectivity index (χ0n) is 17.1. The molecule has 2 aromatic heterocycles. The van der Waals surface area contributed by atoms with Crippen LogP contribution in [0.4, 0.5) is 0 Å². The van der Waals surface area contributed by atoms with Crippen LogP contribution in [0.25, 0.3) is 0 Å². The van der Waals surface area contributed by atoms with Gasteiger partial charge in [-0.1, -0.05) is 13.0 Å². The predicted molar refractivity (Wildman–Crippen MR) is 111 cm³/mol. The highest BCUT2D eigenvalue weighted by molar-refractivity contribution is 6.09. The number of hydrogen-bond donors (Lipinski definition) is 1. The molecule has 9 nitrogen and oxygen atoms in total. The number of ether oxygens (including phenoxy) is 1. The summed E-state index contributed by atoms with van der Waals surface area (Å²) < 4.78 is 6.94. The maximum Gasteiger partial charge on any atom is 0.323 e. The average molecular weight is 422 g/mol. The van der Waals surface area contributed by atoms with E-state index in [1.807, 2.05) is 6.92 Å². The highest BCUT2D eigenvalue weighted by Crippen LogP contribution is 2.24. The van der Waals surface area contributed by atoms with Crippen molar-refractivity contribution >= 4 is 17.7 Å². The van der Waals surface area contributed by atoms with E-state index in [9.17, 15) is 19.5 Å². The summed E-state index contributed by atoms with van der Waals surface area (Å²) >= 11 is 0. The lowest BCUT2D eigenvalue weighted by Gasteiger charge is -2.31. The van der Waals surface area contributed by atoms with Crippen LogP contribution < -0.4 is 4.74 Å². The van der Waals surface area contributed by atoms with Crippen molar-refractivity contribution in [2.75, 3.05) is 13.7 Å². The van der Waals surface area contributed by atoms with Crippen LogP contribution in [0.1, 0.15) is 45.9 Å².